The summed E-state index contributed by atoms with van der Waals surface area (Å²) in [6.07, 6.45) is 8.29. The van der Waals surface area contributed by atoms with Crippen LogP contribution in [0.25, 0.3) is 0 Å². The van der Waals surface area contributed by atoms with Crippen LogP contribution in [0.2, 0.25) is 0 Å². The molecule has 0 bridgehead atoms. The van der Waals surface area contributed by atoms with E-state index in [2.05, 4.69) is 20.4 Å². The summed E-state index contributed by atoms with van der Waals surface area (Å²) in [5.41, 5.74) is 2.23. The molecule has 0 amide bonds. The topological polar surface area (TPSA) is 77.0 Å². The Labute approximate surface area is 178 Å². The van der Waals surface area contributed by atoms with E-state index in [0.717, 1.165) is 47.2 Å². The number of ether oxygens (including phenoxy) is 1. The predicted octanol–water partition coefficient (Wildman–Crippen LogP) is 3.01. The first-order valence-corrected chi connectivity index (χ1v) is 11.0. The third-order valence-corrected chi connectivity index (χ3v) is 7.17. The van der Waals surface area contributed by atoms with Crippen LogP contribution in [0.3, 0.4) is 0 Å². The van der Waals surface area contributed by atoms with Gasteiger partial charge >= 0.3 is 0 Å². The van der Waals surface area contributed by atoms with Crippen LogP contribution in [-0.2, 0) is 4.74 Å². The first kappa shape index (κ1) is 19.8. The fourth-order valence-electron chi connectivity index (χ4n) is 5.35. The molecule has 1 spiro atoms. The molecular formula is C22H32N6O2. The third kappa shape index (κ3) is 3.79. The molecule has 8 heteroatoms. The zero-order chi connectivity index (χ0) is 20.7. The molecule has 3 aliphatic heterocycles. The number of allylic oxidation sites excluding steroid dienone is 2. The average Bonchev–Trinajstić information content (AvgIpc) is 2.70. The Morgan fingerprint density at radius 2 is 1.87 bits per heavy atom. The molecule has 0 atom stereocenters. The van der Waals surface area contributed by atoms with Crippen molar-refractivity contribution in [3.8, 4) is 0 Å². The second kappa shape index (κ2) is 7.83. The highest BCUT2D eigenvalue weighted by Crippen LogP contribution is 2.49. The van der Waals surface area contributed by atoms with E-state index in [-0.39, 0.29) is 0 Å². The van der Waals surface area contributed by atoms with Gasteiger partial charge < -0.3 is 19.9 Å². The Morgan fingerprint density at radius 3 is 2.57 bits per heavy atom. The summed E-state index contributed by atoms with van der Waals surface area (Å²) in [6, 6.07) is 4.46. The van der Waals surface area contributed by atoms with Gasteiger partial charge in [-0.1, -0.05) is 0 Å². The fraction of sp³-hybridized carbons (Fsp3) is 0.636. The summed E-state index contributed by atoms with van der Waals surface area (Å²) in [5, 5.41) is 23.2. The summed E-state index contributed by atoms with van der Waals surface area (Å²) in [5.74, 6) is 2.41. The molecule has 4 aliphatic rings. The number of likely N-dealkylation sites (tertiary alicyclic amines) is 1. The van der Waals surface area contributed by atoms with Gasteiger partial charge in [0.05, 0.1) is 5.70 Å². The second-order valence-electron chi connectivity index (χ2n) is 9.44. The van der Waals surface area contributed by atoms with Gasteiger partial charge in [0.15, 0.2) is 5.82 Å². The molecule has 30 heavy (non-hydrogen) atoms. The number of hydrogen-bond acceptors (Lipinski definition) is 8. The number of hydrogen-bond donors (Lipinski definition) is 2. The zero-order valence-electron chi connectivity index (χ0n) is 17.9. The normalized spacial score (nSPS) is 24.9. The van der Waals surface area contributed by atoms with Crippen molar-refractivity contribution in [2.45, 2.75) is 45.6 Å². The molecule has 1 aromatic rings. The maximum absolute atomic E-state index is 9.76. The highest BCUT2D eigenvalue weighted by molar-refractivity contribution is 5.53. The molecule has 0 aromatic carbocycles. The van der Waals surface area contributed by atoms with Gasteiger partial charge in [0.25, 0.3) is 0 Å². The summed E-state index contributed by atoms with van der Waals surface area (Å²) in [4.78, 5) is 4.57. The van der Waals surface area contributed by atoms with Crippen LogP contribution >= 0.6 is 0 Å². The van der Waals surface area contributed by atoms with Crippen LogP contribution < -0.4 is 10.2 Å². The number of nitrogens with zero attached hydrogens (tertiary/aromatic N) is 5. The molecule has 3 fully saturated rings. The molecule has 0 radical (unpaired) electrons. The van der Waals surface area contributed by atoms with Gasteiger partial charge in [0, 0.05) is 57.0 Å². The van der Waals surface area contributed by atoms with Gasteiger partial charge in [0.2, 0.25) is 0 Å². The molecule has 8 nitrogen and oxygen atoms in total. The Kier molecular flexibility index (Phi) is 5.16. The van der Waals surface area contributed by atoms with Crippen molar-refractivity contribution in [1.29, 1.82) is 0 Å². The standard InChI is InChI=1S/C22H32N6O2/c1-16-17(2)28(29)8-7-27(16)21-4-3-20(24-25-21)23-19-11-22(12-19)14-26(15-22)13-18-5-9-30-10-6-18/h3-4,7-8,18-19,29H,5-6,9-15H2,1-2H3,(H,23,24). The van der Waals surface area contributed by atoms with Crippen LogP contribution in [0.15, 0.2) is 35.9 Å². The van der Waals surface area contributed by atoms with Crippen molar-refractivity contribution in [3.05, 3.63) is 35.9 Å². The Bertz CT molecular complexity index is 819. The molecule has 1 aromatic heterocycles. The van der Waals surface area contributed by atoms with Crippen molar-refractivity contribution in [2.24, 2.45) is 11.3 Å². The zero-order valence-corrected chi connectivity index (χ0v) is 17.9. The molecule has 2 saturated heterocycles. The quantitative estimate of drug-likeness (QED) is 0.764. The van der Waals surface area contributed by atoms with Crippen LogP contribution in [-0.4, -0.2) is 64.3 Å². The van der Waals surface area contributed by atoms with E-state index in [1.165, 1.54) is 45.3 Å². The van der Waals surface area contributed by atoms with E-state index in [9.17, 15) is 5.21 Å². The van der Waals surface area contributed by atoms with Crippen LogP contribution in [0.4, 0.5) is 11.6 Å². The summed E-state index contributed by atoms with van der Waals surface area (Å²) >= 11 is 0. The van der Waals surface area contributed by atoms with E-state index < -0.39 is 0 Å². The lowest BCUT2D eigenvalue weighted by molar-refractivity contribution is -0.0795. The number of hydroxylamine groups is 2. The molecule has 1 saturated carbocycles. The Morgan fingerprint density at radius 1 is 1.10 bits per heavy atom. The van der Waals surface area contributed by atoms with E-state index in [1.54, 1.807) is 12.4 Å². The number of anilines is 2. The SMILES string of the molecule is CC1=C(C)N(c2ccc(NC3CC4(C3)CN(CC3CCOCC3)C4)nn2)C=CN1O. The summed E-state index contributed by atoms with van der Waals surface area (Å²) in [6.45, 7) is 9.46. The van der Waals surface area contributed by atoms with E-state index in [1.807, 2.05) is 30.9 Å². The Balaban J connectivity index is 1.09. The number of aromatic nitrogens is 2. The minimum absolute atomic E-state index is 0.497. The first-order valence-electron chi connectivity index (χ1n) is 11.0. The highest BCUT2D eigenvalue weighted by atomic mass is 16.5. The van der Waals surface area contributed by atoms with E-state index in [4.69, 9.17) is 4.74 Å². The lowest BCUT2D eigenvalue weighted by Gasteiger charge is -2.60. The van der Waals surface area contributed by atoms with Crippen molar-refractivity contribution < 1.29 is 9.94 Å². The van der Waals surface area contributed by atoms with Crippen LogP contribution in [0.5, 0.6) is 0 Å². The Hall–Kier alpha value is -2.16. The van der Waals surface area contributed by atoms with Gasteiger partial charge in [-0.3, -0.25) is 5.21 Å². The lowest BCUT2D eigenvalue weighted by atomic mass is 9.60. The smallest absolute Gasteiger partial charge is 0.159 e. The minimum Gasteiger partial charge on any atom is -0.381 e. The molecule has 0 unspecified atom stereocenters. The van der Waals surface area contributed by atoms with Gasteiger partial charge in [-0.05, 0) is 63.0 Å². The first-order chi connectivity index (χ1) is 14.5. The van der Waals surface area contributed by atoms with Crippen molar-refractivity contribution in [2.75, 3.05) is 43.1 Å². The van der Waals surface area contributed by atoms with E-state index >= 15 is 0 Å². The molecule has 2 N–H and O–H groups in total. The molecular weight excluding hydrogens is 380 g/mol. The van der Waals surface area contributed by atoms with Crippen LogP contribution in [0, 0.1) is 11.3 Å². The molecule has 5 rings (SSSR count). The second-order valence-corrected chi connectivity index (χ2v) is 9.44. The molecule has 4 heterocycles. The van der Waals surface area contributed by atoms with E-state index in [0.29, 0.717) is 11.5 Å². The van der Waals surface area contributed by atoms with Crippen molar-refractivity contribution in [1.82, 2.24) is 20.2 Å². The maximum Gasteiger partial charge on any atom is 0.159 e. The maximum atomic E-state index is 9.76. The van der Waals surface area contributed by atoms with Gasteiger partial charge in [-0.15, -0.1) is 10.2 Å². The van der Waals surface area contributed by atoms with Gasteiger partial charge in [-0.2, -0.15) is 0 Å². The summed E-state index contributed by atoms with van der Waals surface area (Å²) < 4.78 is 5.47. The largest absolute Gasteiger partial charge is 0.381 e. The number of nitrogens with one attached hydrogen (secondary N) is 1. The predicted molar refractivity (Wildman–Crippen MR) is 115 cm³/mol. The highest BCUT2D eigenvalue weighted by Gasteiger charge is 2.52. The van der Waals surface area contributed by atoms with Crippen LogP contribution in [0.1, 0.15) is 39.5 Å². The molecule has 1 aliphatic carbocycles. The third-order valence-electron chi connectivity index (χ3n) is 7.17. The fourth-order valence-corrected chi connectivity index (χ4v) is 5.35. The van der Waals surface area contributed by atoms with Gasteiger partial charge in [0.1, 0.15) is 5.82 Å². The lowest BCUT2D eigenvalue weighted by Crippen LogP contribution is -2.65. The molecule has 162 valence electrons. The minimum atomic E-state index is 0.497. The van der Waals surface area contributed by atoms with Gasteiger partial charge in [-0.25, -0.2) is 5.06 Å². The van der Waals surface area contributed by atoms with Crippen molar-refractivity contribution >= 4 is 11.6 Å². The number of rotatable bonds is 5. The monoisotopic (exact) mass is 412 g/mol. The summed E-state index contributed by atoms with van der Waals surface area (Å²) in [7, 11) is 0. The van der Waals surface area contributed by atoms with Crippen molar-refractivity contribution in [3.63, 3.8) is 0 Å². The average molecular weight is 413 g/mol.